The number of carbonyl (C=O) groups excluding carboxylic acids is 2. The summed E-state index contributed by atoms with van der Waals surface area (Å²) in [5, 5.41) is 12.1. The van der Waals surface area contributed by atoms with Gasteiger partial charge in [-0.15, -0.1) is 15.3 Å². The Balaban J connectivity index is 1.48. The molecule has 43 heavy (non-hydrogen) atoms. The quantitative estimate of drug-likeness (QED) is 0.331. The fourth-order valence-corrected chi connectivity index (χ4v) is 7.36. The molecule has 0 spiro atoms. The summed E-state index contributed by atoms with van der Waals surface area (Å²) < 4.78 is 64.4. The molecule has 3 fully saturated rings. The van der Waals surface area contributed by atoms with Gasteiger partial charge in [-0.25, -0.2) is 26.6 Å². The summed E-state index contributed by atoms with van der Waals surface area (Å²) in [5.74, 6) is 0.0371. The highest BCUT2D eigenvalue weighted by Gasteiger charge is 2.42. The number of piperazine rings is 1. The van der Waals surface area contributed by atoms with Crippen LogP contribution in [0.5, 0.6) is 5.88 Å². The molecule has 0 radical (unpaired) electrons. The van der Waals surface area contributed by atoms with Crippen LogP contribution >= 0.6 is 11.3 Å². The van der Waals surface area contributed by atoms with E-state index in [9.17, 15) is 26.8 Å². The van der Waals surface area contributed by atoms with Crippen LogP contribution in [-0.2, 0) is 19.6 Å². The molecule has 0 bridgehead atoms. The average molecular weight is 639 g/mol. The van der Waals surface area contributed by atoms with Crippen LogP contribution in [0.15, 0.2) is 17.0 Å². The smallest absolute Gasteiger partial charge is 0.291 e. The molecule has 2 saturated heterocycles. The van der Waals surface area contributed by atoms with Crippen LogP contribution < -0.4 is 14.4 Å². The average Bonchev–Trinajstić information content (AvgIpc) is 3.32. The minimum Gasteiger partial charge on any atom is -0.469 e. The van der Waals surface area contributed by atoms with E-state index in [0.717, 1.165) is 6.41 Å². The third kappa shape index (κ3) is 5.76. The molecule has 0 atom stereocenters. The van der Waals surface area contributed by atoms with Gasteiger partial charge in [-0.2, -0.15) is 0 Å². The summed E-state index contributed by atoms with van der Waals surface area (Å²) in [5.41, 5.74) is 0.269. The number of nitrogens with one attached hydrogen (secondary N) is 1. The first kappa shape index (κ1) is 29.6. The number of carbonyl (C=O) groups is 2. The van der Waals surface area contributed by atoms with Crippen molar-refractivity contribution in [3.63, 3.8) is 0 Å². The highest BCUT2D eigenvalue weighted by molar-refractivity contribution is 7.89. The second kappa shape index (κ2) is 10.9. The van der Waals surface area contributed by atoms with Gasteiger partial charge in [0.25, 0.3) is 6.43 Å². The number of hydrogen-bond acceptors (Lipinski definition) is 10. The lowest BCUT2D eigenvalue weighted by Gasteiger charge is -2.38. The van der Waals surface area contributed by atoms with Crippen molar-refractivity contribution in [2.45, 2.75) is 56.6 Å². The number of fused-ring (bicyclic) bond motifs is 1. The van der Waals surface area contributed by atoms with Gasteiger partial charge in [-0.3, -0.25) is 9.59 Å². The molecule has 2 aromatic heterocycles. The lowest BCUT2D eigenvalue weighted by Crippen LogP contribution is -2.52. The first-order chi connectivity index (χ1) is 20.4. The molecule has 3 aromatic rings. The van der Waals surface area contributed by atoms with Crippen LogP contribution in [-0.4, -0.2) is 101 Å². The van der Waals surface area contributed by atoms with E-state index in [1.807, 2.05) is 25.7 Å². The topological polar surface area (TPSA) is 143 Å². The Kier molecular flexibility index (Phi) is 7.53. The third-order valence-corrected chi connectivity index (χ3v) is 10.4. The summed E-state index contributed by atoms with van der Waals surface area (Å²) in [6, 6.07) is 3.01. The van der Waals surface area contributed by atoms with Crippen LogP contribution in [0.4, 0.5) is 14.5 Å². The number of amides is 2. The first-order valence-electron chi connectivity index (χ1n) is 14.0. The molecule has 1 aromatic carbocycles. The number of likely N-dealkylation sites (tertiary alicyclic amines) is 1. The van der Waals surface area contributed by atoms with E-state index in [1.165, 1.54) is 15.6 Å². The molecule has 0 unspecified atom stereocenters. The van der Waals surface area contributed by atoms with E-state index in [2.05, 4.69) is 20.0 Å². The number of sulfonamides is 1. The van der Waals surface area contributed by atoms with Gasteiger partial charge >= 0.3 is 0 Å². The number of anilines is 1. The first-order valence-corrected chi connectivity index (χ1v) is 16.3. The highest BCUT2D eigenvalue weighted by Crippen LogP contribution is 2.41. The molecule has 1 aliphatic carbocycles. The van der Waals surface area contributed by atoms with E-state index in [0.29, 0.717) is 74.5 Å². The molecule has 4 heterocycles. The molecule has 3 aliphatic rings. The van der Waals surface area contributed by atoms with Crippen molar-refractivity contribution in [1.29, 1.82) is 0 Å². The number of rotatable bonds is 10. The number of aromatic nitrogens is 4. The van der Waals surface area contributed by atoms with E-state index < -0.39 is 27.0 Å². The number of nitrogens with zero attached hydrogens (tertiary/aromatic N) is 7. The summed E-state index contributed by atoms with van der Waals surface area (Å²) in [7, 11) is -3.99. The number of benzene rings is 1. The van der Waals surface area contributed by atoms with E-state index in [-0.39, 0.29) is 39.4 Å². The van der Waals surface area contributed by atoms with Gasteiger partial charge in [0.1, 0.15) is 6.10 Å². The number of ether oxygens (including phenoxy) is 1. The second-order valence-corrected chi connectivity index (χ2v) is 14.4. The molecular weight excluding hydrogens is 606 g/mol. The van der Waals surface area contributed by atoms with E-state index >= 15 is 0 Å². The zero-order valence-corrected chi connectivity index (χ0v) is 25.5. The minimum atomic E-state index is -3.99. The van der Waals surface area contributed by atoms with Crippen molar-refractivity contribution in [3.8, 4) is 11.0 Å². The highest BCUT2D eigenvalue weighted by atomic mass is 32.2. The Hall–Kier alpha value is -3.44. The van der Waals surface area contributed by atoms with Crippen molar-refractivity contribution < 1.29 is 31.5 Å². The molecule has 1 saturated carbocycles. The zero-order valence-electron chi connectivity index (χ0n) is 23.9. The fraction of sp³-hybridized carbons (Fsp3) is 0.577. The van der Waals surface area contributed by atoms with Crippen molar-refractivity contribution in [3.05, 3.63) is 17.1 Å². The van der Waals surface area contributed by atoms with Gasteiger partial charge in [-0.05, 0) is 31.9 Å². The number of hydrogen-bond donors (Lipinski definition) is 1. The maximum Gasteiger partial charge on any atom is 0.291 e. The summed E-state index contributed by atoms with van der Waals surface area (Å²) in [6.07, 6.45) is -1.06. The molecule has 2 aliphatic heterocycles. The molecule has 13 nitrogen and oxygen atoms in total. The Bertz CT molecular complexity index is 1660. The molecule has 2 amide bonds. The van der Waals surface area contributed by atoms with Crippen LogP contribution in [0, 0.1) is 5.92 Å². The monoisotopic (exact) mass is 638 g/mol. The largest absolute Gasteiger partial charge is 0.469 e. The van der Waals surface area contributed by atoms with Gasteiger partial charge in [0.2, 0.25) is 33.4 Å². The van der Waals surface area contributed by atoms with Gasteiger partial charge in [0.05, 0.1) is 34.6 Å². The molecule has 17 heteroatoms. The Morgan fingerprint density at radius 3 is 2.44 bits per heavy atom. The van der Waals surface area contributed by atoms with E-state index in [4.69, 9.17) is 4.74 Å². The van der Waals surface area contributed by atoms with Crippen LogP contribution in [0.2, 0.25) is 0 Å². The van der Waals surface area contributed by atoms with Gasteiger partial charge in [-0.1, -0.05) is 25.2 Å². The predicted octanol–water partition coefficient (Wildman–Crippen LogP) is 2.17. The summed E-state index contributed by atoms with van der Waals surface area (Å²) in [6.45, 7) is 7.90. The summed E-state index contributed by atoms with van der Waals surface area (Å²) in [4.78, 5) is 29.1. The molecular formula is C26H32F2N8O5S2. The Morgan fingerprint density at radius 1 is 1.16 bits per heavy atom. The molecule has 6 rings (SSSR count). The van der Waals surface area contributed by atoms with Crippen molar-refractivity contribution in [2.75, 3.05) is 44.2 Å². The maximum absolute atomic E-state index is 13.6. The summed E-state index contributed by atoms with van der Waals surface area (Å²) >= 11 is 0.641. The minimum absolute atomic E-state index is 0.0215. The van der Waals surface area contributed by atoms with Crippen molar-refractivity contribution >= 4 is 50.3 Å². The standard InChI is InChI=1S/C26H32F2N8O5S2/c1-15(2)24(38)35-8-6-34(7-9-35)18-10-17(43(39,40)32-26(3)4-5-26)11-19-20(18)22(41-16-12-33(13-16)14-37)31-36(19)25-30-29-23(42-25)21(27)28/h10-11,14-16,21,32H,4-9,12-13H2,1-3H3. The van der Waals surface area contributed by atoms with Crippen LogP contribution in [0.3, 0.4) is 0 Å². The second-order valence-electron chi connectivity index (χ2n) is 11.7. The number of alkyl halides is 2. The van der Waals surface area contributed by atoms with Gasteiger partial charge in [0, 0.05) is 37.6 Å². The zero-order chi connectivity index (χ0) is 30.7. The Morgan fingerprint density at radius 2 is 1.86 bits per heavy atom. The number of halogens is 2. The third-order valence-electron chi connectivity index (χ3n) is 7.92. The lowest BCUT2D eigenvalue weighted by molar-refractivity contribution is -0.134. The van der Waals surface area contributed by atoms with E-state index in [1.54, 1.807) is 11.0 Å². The van der Waals surface area contributed by atoms with Gasteiger partial charge < -0.3 is 19.4 Å². The Labute approximate surface area is 250 Å². The maximum atomic E-state index is 13.6. The lowest BCUT2D eigenvalue weighted by atomic mass is 10.1. The normalized spacial score (nSPS) is 18.9. The predicted molar refractivity (Wildman–Crippen MR) is 153 cm³/mol. The van der Waals surface area contributed by atoms with Crippen molar-refractivity contribution in [1.82, 2.24) is 34.5 Å². The SMILES string of the molecule is CC(C)C(=O)N1CCN(c2cc(S(=O)(=O)NC3(C)CC3)cc3c2c(OC2CN(C=O)C2)nn3-c2nnc(C(F)F)s2)CC1. The fourth-order valence-electron chi connectivity index (χ4n) is 5.19. The molecule has 1 N–H and O–H groups in total. The van der Waals surface area contributed by atoms with Crippen LogP contribution in [0.25, 0.3) is 16.0 Å². The van der Waals surface area contributed by atoms with Gasteiger partial charge in [0.15, 0.2) is 5.01 Å². The molecule has 232 valence electrons. The van der Waals surface area contributed by atoms with Crippen LogP contribution in [0.1, 0.15) is 45.0 Å². The van der Waals surface area contributed by atoms with Crippen molar-refractivity contribution in [2.24, 2.45) is 5.92 Å².